The van der Waals surface area contributed by atoms with Crippen molar-refractivity contribution in [2.75, 3.05) is 11.9 Å². The summed E-state index contributed by atoms with van der Waals surface area (Å²) in [5, 5.41) is 0.819. The van der Waals surface area contributed by atoms with Crippen molar-refractivity contribution in [1.29, 1.82) is 0 Å². The molecule has 2 rings (SSSR count). The van der Waals surface area contributed by atoms with Crippen LogP contribution in [0.1, 0.15) is 19.3 Å². The smallest absolute Gasteiger partial charge is 0.211 e. The second-order valence-corrected chi connectivity index (χ2v) is 7.40. The van der Waals surface area contributed by atoms with Gasteiger partial charge in [0.15, 0.2) is 11.6 Å². The molecule has 1 aromatic carbocycles. The highest BCUT2D eigenvalue weighted by molar-refractivity contribution is 9.09. The first kappa shape index (κ1) is 14.9. The van der Waals surface area contributed by atoms with Gasteiger partial charge >= 0.3 is 0 Å². The average Bonchev–Trinajstić information content (AvgIpc) is 3.11. The van der Waals surface area contributed by atoms with Crippen LogP contribution in [0.25, 0.3) is 0 Å². The van der Waals surface area contributed by atoms with Gasteiger partial charge in [0.25, 0.3) is 0 Å². The fourth-order valence-corrected chi connectivity index (χ4v) is 3.88. The molecule has 0 radical (unpaired) electrons. The number of sulfonamides is 1. The monoisotopic (exact) mass is 353 g/mol. The maximum atomic E-state index is 13.0. The largest absolute Gasteiger partial charge is 0.240 e. The Morgan fingerprint density at radius 1 is 1.26 bits per heavy atom. The number of halogens is 3. The lowest BCUT2D eigenvalue weighted by molar-refractivity contribution is 0.479. The fourth-order valence-electron chi connectivity index (χ4n) is 1.87. The van der Waals surface area contributed by atoms with Crippen molar-refractivity contribution in [3.63, 3.8) is 0 Å². The summed E-state index contributed by atoms with van der Waals surface area (Å²) in [5.41, 5.74) is 0.0230. The maximum Gasteiger partial charge on any atom is 0.240 e. The van der Waals surface area contributed by atoms with E-state index < -0.39 is 21.7 Å². The highest BCUT2D eigenvalue weighted by Crippen LogP contribution is 2.48. The van der Waals surface area contributed by atoms with Gasteiger partial charge in [0, 0.05) is 11.9 Å². The Balaban J connectivity index is 2.08. The van der Waals surface area contributed by atoms with Crippen LogP contribution in [0.2, 0.25) is 0 Å². The van der Waals surface area contributed by atoms with E-state index in [0.717, 1.165) is 36.7 Å². The quantitative estimate of drug-likeness (QED) is 0.799. The maximum absolute atomic E-state index is 13.0. The molecule has 1 saturated carbocycles. The van der Waals surface area contributed by atoms with Crippen molar-refractivity contribution >= 4 is 26.0 Å². The molecule has 0 saturated heterocycles. The minimum absolute atomic E-state index is 0.0230. The number of alkyl halides is 1. The van der Waals surface area contributed by atoms with Crippen LogP contribution in [0.5, 0.6) is 0 Å². The minimum atomic E-state index is -3.78. The van der Waals surface area contributed by atoms with Crippen molar-refractivity contribution in [2.24, 2.45) is 5.41 Å². The third-order valence-electron chi connectivity index (χ3n) is 3.42. The summed E-state index contributed by atoms with van der Waals surface area (Å²) in [6.45, 7) is 0.333. The molecule has 0 aromatic heterocycles. The first-order valence-corrected chi connectivity index (χ1v) is 8.50. The summed E-state index contributed by atoms with van der Waals surface area (Å²) in [5.74, 6) is -2.22. The van der Waals surface area contributed by atoms with Crippen molar-refractivity contribution in [1.82, 2.24) is 4.72 Å². The molecular formula is C12H14BrF2NO2S. The van der Waals surface area contributed by atoms with Crippen LogP contribution in [0.15, 0.2) is 23.1 Å². The van der Waals surface area contributed by atoms with Gasteiger partial charge < -0.3 is 0 Å². The topological polar surface area (TPSA) is 46.2 Å². The molecule has 0 unspecified atom stereocenters. The zero-order valence-electron chi connectivity index (χ0n) is 10.1. The van der Waals surface area contributed by atoms with Crippen LogP contribution < -0.4 is 4.72 Å². The Labute approximate surface area is 119 Å². The lowest BCUT2D eigenvalue weighted by Gasteiger charge is -2.14. The van der Waals surface area contributed by atoms with Crippen LogP contribution in [-0.2, 0) is 10.0 Å². The molecular weight excluding hydrogens is 340 g/mol. The molecule has 0 bridgehead atoms. The summed E-state index contributed by atoms with van der Waals surface area (Å²) in [4.78, 5) is -0.249. The van der Waals surface area contributed by atoms with Crippen molar-refractivity contribution < 1.29 is 17.2 Å². The summed E-state index contributed by atoms with van der Waals surface area (Å²) in [6.07, 6.45) is 2.87. The van der Waals surface area contributed by atoms with Crippen LogP contribution >= 0.6 is 15.9 Å². The van der Waals surface area contributed by atoms with E-state index in [-0.39, 0.29) is 10.3 Å². The molecule has 1 fully saturated rings. The molecule has 0 atom stereocenters. The van der Waals surface area contributed by atoms with E-state index in [2.05, 4.69) is 20.7 Å². The third-order valence-corrected chi connectivity index (χ3v) is 5.22. The van der Waals surface area contributed by atoms with Gasteiger partial charge in [0.1, 0.15) is 0 Å². The van der Waals surface area contributed by atoms with Crippen molar-refractivity contribution in [2.45, 2.75) is 24.2 Å². The Bertz CT molecular complexity index is 573. The molecule has 0 spiro atoms. The first-order chi connectivity index (χ1) is 8.88. The highest BCUT2D eigenvalue weighted by Gasteiger charge is 2.42. The van der Waals surface area contributed by atoms with Crippen LogP contribution in [0.4, 0.5) is 8.78 Å². The van der Waals surface area contributed by atoms with E-state index in [9.17, 15) is 17.2 Å². The SMILES string of the molecule is O=S(=O)(NCC1(CCBr)CC1)c1ccc(F)c(F)c1. The van der Waals surface area contributed by atoms with Gasteiger partial charge in [-0.25, -0.2) is 21.9 Å². The normalized spacial score (nSPS) is 17.4. The molecule has 1 aliphatic carbocycles. The fraction of sp³-hybridized carbons (Fsp3) is 0.500. The van der Waals surface area contributed by atoms with Crippen molar-refractivity contribution in [3.8, 4) is 0 Å². The van der Waals surface area contributed by atoms with Crippen molar-refractivity contribution in [3.05, 3.63) is 29.8 Å². The Hall–Kier alpha value is -0.530. The summed E-state index contributed by atoms with van der Waals surface area (Å²) < 4.78 is 52.2. The van der Waals surface area contributed by atoms with Gasteiger partial charge in [0.2, 0.25) is 10.0 Å². The van der Waals surface area contributed by atoms with E-state index in [1.165, 1.54) is 0 Å². The lowest BCUT2D eigenvalue weighted by atomic mass is 10.1. The van der Waals surface area contributed by atoms with E-state index in [4.69, 9.17) is 0 Å². The van der Waals surface area contributed by atoms with Gasteiger partial charge in [-0.05, 0) is 42.9 Å². The predicted molar refractivity (Wildman–Crippen MR) is 71.6 cm³/mol. The molecule has 1 N–H and O–H groups in total. The van der Waals surface area contributed by atoms with E-state index in [1.807, 2.05) is 0 Å². The zero-order chi connectivity index (χ0) is 14.1. The molecule has 0 heterocycles. The number of benzene rings is 1. The predicted octanol–water partition coefficient (Wildman–Crippen LogP) is 2.81. The zero-order valence-corrected chi connectivity index (χ0v) is 12.5. The molecule has 1 aromatic rings. The highest BCUT2D eigenvalue weighted by atomic mass is 79.9. The molecule has 1 aliphatic rings. The van der Waals surface area contributed by atoms with Crippen LogP contribution in [0, 0.1) is 17.0 Å². The minimum Gasteiger partial charge on any atom is -0.211 e. The molecule has 7 heteroatoms. The van der Waals surface area contributed by atoms with E-state index in [0.29, 0.717) is 12.6 Å². The number of nitrogens with one attached hydrogen (secondary N) is 1. The standard InChI is InChI=1S/C12H14BrF2NO2S/c13-6-5-12(3-4-12)8-16-19(17,18)9-1-2-10(14)11(15)7-9/h1-2,7,16H,3-6,8H2. The number of hydrogen-bond donors (Lipinski definition) is 1. The molecule has 0 amide bonds. The average molecular weight is 354 g/mol. The first-order valence-electron chi connectivity index (χ1n) is 5.89. The van der Waals surface area contributed by atoms with E-state index >= 15 is 0 Å². The summed E-state index contributed by atoms with van der Waals surface area (Å²) in [7, 11) is -3.78. The summed E-state index contributed by atoms with van der Waals surface area (Å²) in [6, 6.07) is 2.57. The van der Waals surface area contributed by atoms with Gasteiger partial charge in [-0.15, -0.1) is 0 Å². The second kappa shape index (κ2) is 5.46. The number of hydrogen-bond acceptors (Lipinski definition) is 2. The molecule has 106 valence electrons. The molecule has 0 aliphatic heterocycles. The Morgan fingerprint density at radius 2 is 1.95 bits per heavy atom. The molecule has 3 nitrogen and oxygen atoms in total. The van der Waals surface area contributed by atoms with E-state index in [1.54, 1.807) is 0 Å². The second-order valence-electron chi connectivity index (χ2n) is 4.84. The van der Waals surface area contributed by atoms with Gasteiger partial charge in [-0.1, -0.05) is 15.9 Å². The number of rotatable bonds is 6. The molecule has 19 heavy (non-hydrogen) atoms. The van der Waals surface area contributed by atoms with Crippen LogP contribution in [-0.4, -0.2) is 20.3 Å². The van der Waals surface area contributed by atoms with Crippen LogP contribution in [0.3, 0.4) is 0 Å². The lowest BCUT2D eigenvalue weighted by Crippen LogP contribution is -2.30. The van der Waals surface area contributed by atoms with Gasteiger partial charge in [0.05, 0.1) is 4.90 Å². The third kappa shape index (κ3) is 3.52. The Morgan fingerprint density at radius 3 is 2.47 bits per heavy atom. The van der Waals surface area contributed by atoms with Gasteiger partial charge in [-0.3, -0.25) is 0 Å². The Kier molecular flexibility index (Phi) is 4.27. The van der Waals surface area contributed by atoms with Gasteiger partial charge in [-0.2, -0.15) is 0 Å². The summed E-state index contributed by atoms with van der Waals surface area (Å²) >= 11 is 3.34.